The van der Waals surface area contributed by atoms with Gasteiger partial charge < -0.3 is 24.8 Å². The maximum Gasteiger partial charge on any atom is 0.407 e. The molecule has 1 aliphatic heterocycles. The molecule has 0 spiro atoms. The number of benzene rings is 1. The summed E-state index contributed by atoms with van der Waals surface area (Å²) < 4.78 is 19.3. The Balaban J connectivity index is 1.61. The number of anilines is 1. The molecule has 1 saturated carbocycles. The quantitative estimate of drug-likeness (QED) is 0.216. The first-order valence-electron chi connectivity index (χ1n) is 13.9. The first-order chi connectivity index (χ1) is 19.6. The highest BCUT2D eigenvalue weighted by atomic mass is 79.9. The average Bonchev–Trinajstić information content (AvgIpc) is 3.52. The van der Waals surface area contributed by atoms with Gasteiger partial charge in [0.1, 0.15) is 18.1 Å². The zero-order chi connectivity index (χ0) is 29.3. The van der Waals surface area contributed by atoms with Crippen LogP contribution in [0.5, 0.6) is 5.75 Å². The summed E-state index contributed by atoms with van der Waals surface area (Å²) in [5, 5.41) is 6.83. The van der Waals surface area contributed by atoms with Crippen molar-refractivity contribution in [1.29, 1.82) is 0 Å². The molecule has 0 bridgehead atoms. The third kappa shape index (κ3) is 6.09. The van der Waals surface area contributed by atoms with Gasteiger partial charge in [0.05, 0.1) is 29.9 Å². The van der Waals surface area contributed by atoms with Crippen LogP contribution in [-0.4, -0.2) is 62.7 Å². The van der Waals surface area contributed by atoms with E-state index in [1.807, 2.05) is 39.9 Å². The largest absolute Gasteiger partial charge is 0.497 e. The summed E-state index contributed by atoms with van der Waals surface area (Å²) >= 11 is 3.89. The van der Waals surface area contributed by atoms with E-state index < -0.39 is 14.2 Å². The summed E-state index contributed by atoms with van der Waals surface area (Å²) in [4.78, 5) is 32.2. The average molecular weight is 645 g/mol. The lowest BCUT2D eigenvalue weighted by Crippen LogP contribution is -2.49. The van der Waals surface area contributed by atoms with Gasteiger partial charge in [-0.2, -0.15) is 0 Å². The highest BCUT2D eigenvalue weighted by molar-refractivity contribution is 9.10. The lowest BCUT2D eigenvalue weighted by Gasteiger charge is -2.35. The highest BCUT2D eigenvalue weighted by Crippen LogP contribution is 2.46. The van der Waals surface area contributed by atoms with Gasteiger partial charge in [-0.05, 0) is 58.9 Å². The normalized spacial score (nSPS) is 18.8. The molecule has 3 heterocycles. The molecule has 2 N–H and O–H groups in total. The van der Waals surface area contributed by atoms with Gasteiger partial charge in [0.25, 0.3) is 0 Å². The van der Waals surface area contributed by atoms with E-state index in [1.54, 1.807) is 7.11 Å². The second-order valence-corrected chi connectivity index (χ2v) is 18.2. The number of amides is 3. The minimum absolute atomic E-state index is 0.0693. The molecule has 0 radical (unpaired) electrons. The summed E-state index contributed by atoms with van der Waals surface area (Å²) in [6, 6.07) is 8.66. The van der Waals surface area contributed by atoms with E-state index >= 15 is 0 Å². The molecule has 220 valence electrons. The number of fused-ring (bicyclic) bond motifs is 3. The number of hydrogen-bond acceptors (Lipinski definition) is 6. The van der Waals surface area contributed by atoms with Crippen molar-refractivity contribution in [2.75, 3.05) is 25.7 Å². The number of hydrogen-bond donors (Lipinski definition) is 2. The minimum atomic E-state index is -1.25. The van der Waals surface area contributed by atoms with Crippen LogP contribution in [0.15, 0.2) is 35.1 Å². The van der Waals surface area contributed by atoms with Crippen molar-refractivity contribution < 1.29 is 23.8 Å². The van der Waals surface area contributed by atoms with Crippen LogP contribution < -0.4 is 20.3 Å². The molecule has 1 aromatic carbocycles. The number of carbonyl (C=O) groups excluding carboxylic acids is 2. The van der Waals surface area contributed by atoms with Gasteiger partial charge in [-0.25, -0.2) is 14.6 Å². The van der Waals surface area contributed by atoms with Gasteiger partial charge in [-0.3, -0.25) is 9.47 Å². The van der Waals surface area contributed by atoms with E-state index in [2.05, 4.69) is 46.2 Å². The zero-order valence-electron chi connectivity index (χ0n) is 24.3. The Labute approximate surface area is 249 Å². The molecule has 2 aromatic heterocycles. The molecule has 1 fully saturated rings. The molecule has 3 aromatic rings. The number of nitrogens with zero attached hydrogens (tertiary/aromatic N) is 3. The Kier molecular flexibility index (Phi) is 8.62. The van der Waals surface area contributed by atoms with Crippen LogP contribution in [0, 0.1) is 0 Å². The highest BCUT2D eigenvalue weighted by Gasteiger charge is 2.39. The van der Waals surface area contributed by atoms with Crippen molar-refractivity contribution in [2.24, 2.45) is 0 Å². The Morgan fingerprint density at radius 3 is 2.63 bits per heavy atom. The monoisotopic (exact) mass is 643 g/mol. The molecule has 3 amide bonds. The molecule has 2 atom stereocenters. The van der Waals surface area contributed by atoms with Crippen LogP contribution in [0.4, 0.5) is 15.3 Å². The molecular weight excluding hydrogens is 606 g/mol. The van der Waals surface area contributed by atoms with Gasteiger partial charge in [0.15, 0.2) is 0 Å². The van der Waals surface area contributed by atoms with E-state index in [0.717, 1.165) is 62.6 Å². The predicted molar refractivity (Wildman–Crippen MR) is 165 cm³/mol. The molecule has 2 aliphatic rings. The first-order valence-corrected chi connectivity index (χ1v) is 18.4. The van der Waals surface area contributed by atoms with Crippen molar-refractivity contribution >= 4 is 52.8 Å². The maximum absolute atomic E-state index is 13.5. The molecular formula is C29H38BrN5O5Si. The number of rotatable bonds is 9. The first kappa shape index (κ1) is 29.4. The van der Waals surface area contributed by atoms with E-state index in [-0.39, 0.29) is 18.1 Å². The van der Waals surface area contributed by atoms with Crippen molar-refractivity contribution in [3.05, 3.63) is 40.6 Å². The lowest BCUT2D eigenvalue weighted by molar-refractivity contribution is 0.0886. The van der Waals surface area contributed by atoms with Crippen LogP contribution in [0.3, 0.4) is 0 Å². The molecule has 41 heavy (non-hydrogen) atoms. The van der Waals surface area contributed by atoms with Crippen LogP contribution in [0.25, 0.3) is 22.2 Å². The van der Waals surface area contributed by atoms with E-state index in [4.69, 9.17) is 19.2 Å². The number of halogens is 1. The molecule has 0 unspecified atom stereocenters. The van der Waals surface area contributed by atoms with E-state index in [9.17, 15) is 9.59 Å². The summed E-state index contributed by atoms with van der Waals surface area (Å²) in [7, 11) is 1.76. The third-order valence-corrected chi connectivity index (χ3v) is 10.3. The van der Waals surface area contributed by atoms with Crippen molar-refractivity contribution in [1.82, 2.24) is 20.2 Å². The molecule has 0 saturated heterocycles. The fourth-order valence-corrected chi connectivity index (χ4v) is 7.08. The predicted octanol–water partition coefficient (Wildman–Crippen LogP) is 6.09. The number of methoxy groups -OCH3 is 2. The standard InChI is InChI=1S/C29H38BrN5O5Si/c1-38-22-10-6-18(7-11-22)23-24-25-19(15-31-27(24)34(26(23)30)17-40-12-13-41(3,4)5)16-32-28(36)35(25)21-9-8-20(14-21)33-29(37)39-2/h6-7,10-11,15,20-21H,8-9,12-14,16-17H2,1-5H3,(H,32,36)(H,33,37)/t20-,21-/m1/s1. The lowest BCUT2D eigenvalue weighted by atomic mass is 10.00. The Morgan fingerprint density at radius 1 is 1.20 bits per heavy atom. The van der Waals surface area contributed by atoms with Crippen molar-refractivity contribution in [3.63, 3.8) is 0 Å². The third-order valence-electron chi connectivity index (χ3n) is 7.82. The number of alkyl carbamates (subject to hydrolysis) is 1. The van der Waals surface area contributed by atoms with Crippen molar-refractivity contribution in [2.45, 2.75) is 70.3 Å². The Hall–Kier alpha value is -3.09. The van der Waals surface area contributed by atoms with Crippen molar-refractivity contribution in [3.8, 4) is 16.9 Å². The van der Waals surface area contributed by atoms with Gasteiger partial charge >= 0.3 is 12.1 Å². The molecule has 1 aliphatic carbocycles. The van der Waals surface area contributed by atoms with Crippen LogP contribution in [0.1, 0.15) is 24.8 Å². The summed E-state index contributed by atoms with van der Waals surface area (Å²) in [5.41, 5.74) is 4.47. The van der Waals surface area contributed by atoms with E-state index in [1.165, 1.54) is 7.11 Å². The molecule has 12 heteroatoms. The number of ether oxygens (including phenoxy) is 3. The molecule has 5 rings (SSSR count). The minimum Gasteiger partial charge on any atom is -0.497 e. The summed E-state index contributed by atoms with van der Waals surface area (Å²) in [6.07, 6.45) is 3.54. The maximum atomic E-state index is 13.5. The number of carbonyl (C=O) groups is 2. The molecule has 10 nitrogen and oxygen atoms in total. The topological polar surface area (TPSA) is 107 Å². The van der Waals surface area contributed by atoms with Gasteiger partial charge in [-0.1, -0.05) is 31.8 Å². The number of aromatic nitrogens is 2. The van der Waals surface area contributed by atoms with E-state index in [0.29, 0.717) is 26.3 Å². The fraction of sp³-hybridized carbons (Fsp3) is 0.483. The van der Waals surface area contributed by atoms with Crippen LogP contribution >= 0.6 is 15.9 Å². The summed E-state index contributed by atoms with van der Waals surface area (Å²) in [5.74, 6) is 0.763. The second-order valence-electron chi connectivity index (χ2n) is 11.8. The summed E-state index contributed by atoms with van der Waals surface area (Å²) in [6.45, 7) is 8.41. The fourth-order valence-electron chi connectivity index (χ4n) is 5.63. The van der Waals surface area contributed by atoms with Gasteiger partial charge in [0, 0.05) is 50.6 Å². The van der Waals surface area contributed by atoms with Crippen LogP contribution in [-0.2, 0) is 22.7 Å². The zero-order valence-corrected chi connectivity index (χ0v) is 26.8. The SMILES string of the molecule is COC(=O)N[C@@H]1CC[C@@H](N2C(=O)NCc3cnc4c(c(-c5ccc(OC)cc5)c(Br)n4COCC[Si](C)(C)C)c32)C1. The smallest absolute Gasteiger partial charge is 0.407 e. The second kappa shape index (κ2) is 12.0. The van der Waals surface area contributed by atoms with Crippen LogP contribution in [0.2, 0.25) is 25.7 Å². The van der Waals surface area contributed by atoms with Gasteiger partial charge in [0.2, 0.25) is 0 Å². The Morgan fingerprint density at radius 2 is 1.95 bits per heavy atom. The number of nitrogens with one attached hydrogen (secondary N) is 2. The number of urea groups is 1. The number of pyridine rings is 1. The van der Waals surface area contributed by atoms with Gasteiger partial charge in [-0.15, -0.1) is 0 Å². The Bertz CT molecular complexity index is 1440.